The molecule has 0 fully saturated rings. The lowest BCUT2D eigenvalue weighted by Gasteiger charge is -2.17. The Bertz CT molecular complexity index is 1030. The molecule has 0 aliphatic heterocycles. The normalized spacial score (nSPS) is 12.3. The van der Waals surface area contributed by atoms with Gasteiger partial charge < -0.3 is 9.30 Å². The minimum atomic E-state index is -0.869. The maximum absolute atomic E-state index is 12.6. The summed E-state index contributed by atoms with van der Waals surface area (Å²) >= 11 is 0. The van der Waals surface area contributed by atoms with Crippen LogP contribution in [0.15, 0.2) is 46.2 Å². The van der Waals surface area contributed by atoms with E-state index in [2.05, 4.69) is 4.98 Å². The maximum atomic E-state index is 12.6. The number of hydrogen-bond donors (Lipinski definition) is 0. The summed E-state index contributed by atoms with van der Waals surface area (Å²) < 4.78 is 8.60. The van der Waals surface area contributed by atoms with Crippen LogP contribution in [0.1, 0.15) is 11.6 Å². The standard InChI is InChI=1S/C16H16N4O4/c1-18-13-12(14(21)19(2)16(18)23)20(9-17-13)11(15(22)24-3)10-7-5-4-6-8-10/h4-9,11H,1-3H3. The van der Waals surface area contributed by atoms with Crippen LogP contribution in [0, 0.1) is 0 Å². The lowest BCUT2D eigenvalue weighted by atomic mass is 10.1. The van der Waals surface area contributed by atoms with E-state index < -0.39 is 23.3 Å². The molecule has 0 spiro atoms. The fraction of sp³-hybridized carbons (Fsp3) is 0.250. The van der Waals surface area contributed by atoms with Crippen molar-refractivity contribution in [3.63, 3.8) is 0 Å². The number of ether oxygens (including phenoxy) is 1. The van der Waals surface area contributed by atoms with E-state index in [0.717, 1.165) is 4.57 Å². The Morgan fingerprint density at radius 1 is 1.12 bits per heavy atom. The van der Waals surface area contributed by atoms with Gasteiger partial charge in [-0.15, -0.1) is 0 Å². The lowest BCUT2D eigenvalue weighted by Crippen LogP contribution is -2.38. The van der Waals surface area contributed by atoms with Crippen molar-refractivity contribution in [3.05, 3.63) is 63.1 Å². The van der Waals surface area contributed by atoms with E-state index in [4.69, 9.17) is 4.74 Å². The number of benzene rings is 1. The van der Waals surface area contributed by atoms with Crippen LogP contribution in [0.4, 0.5) is 0 Å². The molecule has 3 rings (SSSR count). The highest BCUT2D eigenvalue weighted by atomic mass is 16.5. The molecule has 1 atom stereocenters. The highest BCUT2D eigenvalue weighted by Gasteiger charge is 2.27. The van der Waals surface area contributed by atoms with Gasteiger partial charge in [0.1, 0.15) is 0 Å². The van der Waals surface area contributed by atoms with Crippen molar-refractivity contribution in [2.45, 2.75) is 6.04 Å². The van der Waals surface area contributed by atoms with E-state index in [9.17, 15) is 14.4 Å². The van der Waals surface area contributed by atoms with Gasteiger partial charge in [0.25, 0.3) is 5.56 Å². The number of nitrogens with zero attached hydrogens (tertiary/aromatic N) is 4. The molecule has 2 aromatic heterocycles. The van der Waals surface area contributed by atoms with E-state index in [0.29, 0.717) is 5.56 Å². The molecule has 124 valence electrons. The molecular formula is C16H16N4O4. The number of rotatable bonds is 3. The molecule has 0 aliphatic rings. The Morgan fingerprint density at radius 2 is 1.79 bits per heavy atom. The zero-order valence-electron chi connectivity index (χ0n) is 13.5. The van der Waals surface area contributed by atoms with Gasteiger partial charge in [-0.25, -0.2) is 14.6 Å². The van der Waals surface area contributed by atoms with Crippen molar-refractivity contribution in [3.8, 4) is 0 Å². The second-order valence-corrected chi connectivity index (χ2v) is 5.37. The number of carbonyl (C=O) groups excluding carboxylic acids is 1. The van der Waals surface area contributed by atoms with Crippen molar-refractivity contribution < 1.29 is 9.53 Å². The first-order chi connectivity index (χ1) is 11.5. The van der Waals surface area contributed by atoms with E-state index in [1.807, 2.05) is 6.07 Å². The lowest BCUT2D eigenvalue weighted by molar-refractivity contribution is -0.143. The molecule has 0 radical (unpaired) electrons. The summed E-state index contributed by atoms with van der Waals surface area (Å²) in [4.78, 5) is 41.1. The predicted molar refractivity (Wildman–Crippen MR) is 86.8 cm³/mol. The van der Waals surface area contributed by atoms with Crippen molar-refractivity contribution in [1.82, 2.24) is 18.7 Å². The Morgan fingerprint density at radius 3 is 2.42 bits per heavy atom. The third-order valence-corrected chi connectivity index (χ3v) is 3.99. The molecule has 3 aromatic rings. The van der Waals surface area contributed by atoms with Gasteiger partial charge in [0, 0.05) is 14.1 Å². The van der Waals surface area contributed by atoms with Crippen LogP contribution in [0.5, 0.6) is 0 Å². The quantitative estimate of drug-likeness (QED) is 0.641. The van der Waals surface area contributed by atoms with E-state index >= 15 is 0 Å². The molecule has 0 aliphatic carbocycles. The number of fused-ring (bicyclic) bond motifs is 1. The van der Waals surface area contributed by atoms with Gasteiger partial charge in [-0.3, -0.25) is 13.9 Å². The molecule has 0 saturated heterocycles. The van der Waals surface area contributed by atoms with Crippen LogP contribution >= 0.6 is 0 Å². The summed E-state index contributed by atoms with van der Waals surface area (Å²) in [5, 5.41) is 0. The van der Waals surface area contributed by atoms with Gasteiger partial charge in [0.15, 0.2) is 17.2 Å². The van der Waals surface area contributed by atoms with Gasteiger partial charge in [-0.2, -0.15) is 0 Å². The SMILES string of the molecule is COC(=O)C(c1ccccc1)n1cnc2c1c(=O)n(C)c(=O)n2C. The summed E-state index contributed by atoms with van der Waals surface area (Å²) in [6.07, 6.45) is 1.38. The van der Waals surface area contributed by atoms with Gasteiger partial charge in [0.2, 0.25) is 0 Å². The van der Waals surface area contributed by atoms with Crippen LogP contribution in [0.3, 0.4) is 0 Å². The number of imidazole rings is 1. The van der Waals surface area contributed by atoms with Crippen LogP contribution in [0.25, 0.3) is 11.2 Å². The first kappa shape index (κ1) is 15.7. The molecule has 0 amide bonds. The highest BCUT2D eigenvalue weighted by Crippen LogP contribution is 2.22. The second kappa shape index (κ2) is 5.80. The van der Waals surface area contributed by atoms with Crippen molar-refractivity contribution in [2.24, 2.45) is 14.1 Å². The summed E-state index contributed by atoms with van der Waals surface area (Å²) in [6, 6.07) is 8.06. The van der Waals surface area contributed by atoms with Crippen molar-refractivity contribution in [2.75, 3.05) is 7.11 Å². The first-order valence-electron chi connectivity index (χ1n) is 7.22. The Kier molecular flexibility index (Phi) is 3.80. The zero-order chi connectivity index (χ0) is 17.4. The van der Waals surface area contributed by atoms with Crippen molar-refractivity contribution >= 4 is 17.1 Å². The number of hydrogen-bond acceptors (Lipinski definition) is 5. The molecule has 0 N–H and O–H groups in total. The molecule has 1 aromatic carbocycles. The van der Waals surface area contributed by atoms with Crippen LogP contribution in [-0.4, -0.2) is 31.8 Å². The first-order valence-corrected chi connectivity index (χ1v) is 7.22. The summed E-state index contributed by atoms with van der Waals surface area (Å²) in [5.41, 5.74) is 0.0360. The molecule has 2 heterocycles. The maximum Gasteiger partial charge on any atom is 0.333 e. The molecule has 0 bridgehead atoms. The predicted octanol–water partition coefficient (Wildman–Crippen LogP) is 0.196. The molecule has 8 heteroatoms. The van der Waals surface area contributed by atoms with Gasteiger partial charge in [0.05, 0.1) is 13.4 Å². The monoisotopic (exact) mass is 328 g/mol. The van der Waals surface area contributed by atoms with E-state index in [1.165, 1.54) is 36.7 Å². The summed E-state index contributed by atoms with van der Waals surface area (Å²) in [5.74, 6) is -0.531. The topological polar surface area (TPSA) is 88.1 Å². The fourth-order valence-corrected chi connectivity index (χ4v) is 2.72. The third kappa shape index (κ3) is 2.23. The van der Waals surface area contributed by atoms with Gasteiger partial charge in [-0.1, -0.05) is 30.3 Å². The number of esters is 1. The number of methoxy groups -OCH3 is 1. The highest BCUT2D eigenvalue weighted by molar-refractivity contribution is 5.81. The average Bonchev–Trinajstić information content (AvgIpc) is 3.04. The van der Waals surface area contributed by atoms with E-state index in [-0.39, 0.29) is 11.2 Å². The fourth-order valence-electron chi connectivity index (χ4n) is 2.72. The largest absolute Gasteiger partial charge is 0.467 e. The smallest absolute Gasteiger partial charge is 0.333 e. The van der Waals surface area contributed by atoms with Crippen LogP contribution < -0.4 is 11.2 Å². The van der Waals surface area contributed by atoms with Gasteiger partial charge >= 0.3 is 11.7 Å². The average molecular weight is 328 g/mol. The minimum absolute atomic E-state index is 0.166. The molecule has 8 nitrogen and oxygen atoms in total. The van der Waals surface area contributed by atoms with Crippen LogP contribution in [-0.2, 0) is 23.6 Å². The Hall–Kier alpha value is -3.16. The molecular weight excluding hydrogens is 312 g/mol. The molecule has 1 unspecified atom stereocenters. The number of aromatic nitrogens is 4. The Labute approximate surface area is 136 Å². The molecule has 0 saturated carbocycles. The zero-order valence-corrected chi connectivity index (χ0v) is 13.5. The summed E-state index contributed by atoms with van der Waals surface area (Å²) in [7, 11) is 4.19. The number of aryl methyl sites for hydroxylation is 1. The van der Waals surface area contributed by atoms with Gasteiger partial charge in [-0.05, 0) is 5.56 Å². The minimum Gasteiger partial charge on any atom is -0.467 e. The number of carbonyl (C=O) groups is 1. The third-order valence-electron chi connectivity index (χ3n) is 3.99. The van der Waals surface area contributed by atoms with Crippen molar-refractivity contribution in [1.29, 1.82) is 0 Å². The second-order valence-electron chi connectivity index (χ2n) is 5.37. The van der Waals surface area contributed by atoms with E-state index in [1.54, 1.807) is 24.3 Å². The summed E-state index contributed by atoms with van der Waals surface area (Å²) in [6.45, 7) is 0. The Balaban J connectivity index is 2.37. The molecule has 24 heavy (non-hydrogen) atoms. The van der Waals surface area contributed by atoms with Crippen LogP contribution in [0.2, 0.25) is 0 Å².